The summed E-state index contributed by atoms with van der Waals surface area (Å²) in [6.07, 6.45) is 1.81. The molecule has 1 aliphatic heterocycles. The van der Waals surface area contributed by atoms with E-state index in [0.717, 1.165) is 70.1 Å². The SMILES string of the molecule is COC(=O)Cn1c2ccccc2c2cc(C3(NC(=O)c4cc(N5CC(N(C)C)C5)ccc4C)CC3)ccc21. The number of para-hydroxylation sites is 1. The van der Waals surface area contributed by atoms with Gasteiger partial charge in [0.1, 0.15) is 6.54 Å². The van der Waals surface area contributed by atoms with Crippen molar-refractivity contribution in [1.29, 1.82) is 0 Å². The van der Waals surface area contributed by atoms with Crippen LogP contribution in [0.5, 0.6) is 0 Å². The first-order valence-corrected chi connectivity index (χ1v) is 13.2. The van der Waals surface area contributed by atoms with Gasteiger partial charge in [0.15, 0.2) is 0 Å². The summed E-state index contributed by atoms with van der Waals surface area (Å²) in [5.74, 6) is -0.310. The fraction of sp³-hybridized carbons (Fsp3) is 0.355. The number of hydrogen-bond acceptors (Lipinski definition) is 5. The maximum Gasteiger partial charge on any atom is 0.325 e. The minimum absolute atomic E-state index is 0.0280. The molecule has 2 aliphatic rings. The molecule has 0 bridgehead atoms. The Balaban J connectivity index is 1.29. The van der Waals surface area contributed by atoms with Crippen molar-refractivity contribution in [3.8, 4) is 0 Å². The minimum Gasteiger partial charge on any atom is -0.468 e. The van der Waals surface area contributed by atoms with Gasteiger partial charge in [0.25, 0.3) is 5.91 Å². The lowest BCUT2D eigenvalue weighted by molar-refractivity contribution is -0.141. The Hall–Kier alpha value is -3.84. The van der Waals surface area contributed by atoms with E-state index in [4.69, 9.17) is 4.74 Å². The molecule has 2 fully saturated rings. The predicted molar refractivity (Wildman–Crippen MR) is 151 cm³/mol. The molecule has 1 aliphatic carbocycles. The molecule has 38 heavy (non-hydrogen) atoms. The number of nitrogens with zero attached hydrogens (tertiary/aromatic N) is 3. The van der Waals surface area contributed by atoms with Crippen molar-refractivity contribution in [3.05, 3.63) is 77.4 Å². The number of benzene rings is 3. The van der Waals surface area contributed by atoms with Crippen molar-refractivity contribution in [1.82, 2.24) is 14.8 Å². The number of methoxy groups -OCH3 is 1. The van der Waals surface area contributed by atoms with E-state index >= 15 is 0 Å². The fourth-order valence-corrected chi connectivity index (χ4v) is 5.65. The summed E-state index contributed by atoms with van der Waals surface area (Å²) in [7, 11) is 5.63. The van der Waals surface area contributed by atoms with Crippen molar-refractivity contribution in [2.24, 2.45) is 0 Å². The van der Waals surface area contributed by atoms with Crippen LogP contribution >= 0.6 is 0 Å². The predicted octanol–water partition coefficient (Wildman–Crippen LogP) is 4.45. The summed E-state index contributed by atoms with van der Waals surface area (Å²) in [5.41, 5.74) is 5.52. The van der Waals surface area contributed by atoms with Gasteiger partial charge < -0.3 is 24.4 Å². The first-order chi connectivity index (χ1) is 18.3. The first-order valence-electron chi connectivity index (χ1n) is 13.2. The van der Waals surface area contributed by atoms with Gasteiger partial charge in [-0.25, -0.2) is 0 Å². The number of amides is 1. The number of likely N-dealkylation sites (N-methyl/N-ethyl adjacent to an activating group) is 1. The van der Waals surface area contributed by atoms with E-state index in [2.05, 4.69) is 65.6 Å². The lowest BCUT2D eigenvalue weighted by Crippen LogP contribution is -2.57. The van der Waals surface area contributed by atoms with Crippen molar-refractivity contribution in [2.75, 3.05) is 39.2 Å². The molecule has 7 nitrogen and oxygen atoms in total. The first kappa shape index (κ1) is 24.5. The molecule has 0 unspecified atom stereocenters. The van der Waals surface area contributed by atoms with Crippen molar-refractivity contribution in [2.45, 2.75) is 37.9 Å². The van der Waals surface area contributed by atoms with Crippen molar-refractivity contribution in [3.63, 3.8) is 0 Å². The molecule has 6 rings (SSSR count). The van der Waals surface area contributed by atoms with Crippen LogP contribution in [0.3, 0.4) is 0 Å². The maximum absolute atomic E-state index is 13.6. The van der Waals surface area contributed by atoms with Crippen molar-refractivity contribution < 1.29 is 14.3 Å². The molecule has 1 aromatic heterocycles. The van der Waals surface area contributed by atoms with Gasteiger partial charge in [0.2, 0.25) is 0 Å². The van der Waals surface area contributed by atoms with Gasteiger partial charge in [-0.05, 0) is 75.3 Å². The van der Waals surface area contributed by atoms with E-state index in [1.807, 2.05) is 35.8 Å². The molecular formula is C31H34N4O3. The lowest BCUT2D eigenvalue weighted by Gasteiger charge is -2.44. The average Bonchev–Trinajstić information content (AvgIpc) is 3.60. The third kappa shape index (κ3) is 4.11. The summed E-state index contributed by atoms with van der Waals surface area (Å²) in [5, 5.41) is 5.55. The molecule has 196 valence electrons. The highest BCUT2D eigenvalue weighted by molar-refractivity contribution is 6.09. The molecule has 1 N–H and O–H groups in total. The molecule has 1 amide bonds. The zero-order valence-corrected chi connectivity index (χ0v) is 22.5. The van der Waals surface area contributed by atoms with Gasteiger partial charge in [-0.1, -0.05) is 30.3 Å². The van der Waals surface area contributed by atoms with E-state index in [1.54, 1.807) is 0 Å². The molecule has 2 heterocycles. The van der Waals surface area contributed by atoms with Crippen LogP contribution in [0.25, 0.3) is 21.8 Å². The second-order valence-corrected chi connectivity index (χ2v) is 11.0. The van der Waals surface area contributed by atoms with Gasteiger partial charge in [-0.3, -0.25) is 9.59 Å². The van der Waals surface area contributed by atoms with Gasteiger partial charge in [0.05, 0.1) is 12.6 Å². The maximum atomic E-state index is 13.6. The lowest BCUT2D eigenvalue weighted by atomic mass is 9.99. The number of carbonyl (C=O) groups excluding carboxylic acids is 2. The number of carbonyl (C=O) groups is 2. The van der Waals surface area contributed by atoms with E-state index in [9.17, 15) is 9.59 Å². The fourth-order valence-electron chi connectivity index (χ4n) is 5.65. The number of rotatable bonds is 7. The van der Waals surface area contributed by atoms with Gasteiger partial charge >= 0.3 is 5.97 Å². The Labute approximate surface area is 223 Å². The normalized spacial score (nSPS) is 16.6. The second-order valence-electron chi connectivity index (χ2n) is 11.0. The van der Waals surface area contributed by atoms with Crippen LogP contribution in [0, 0.1) is 6.92 Å². The van der Waals surface area contributed by atoms with Crippen LogP contribution in [-0.4, -0.2) is 61.7 Å². The molecule has 3 aromatic carbocycles. The highest BCUT2D eigenvalue weighted by Crippen LogP contribution is 2.47. The number of anilines is 1. The van der Waals surface area contributed by atoms with E-state index in [-0.39, 0.29) is 24.0 Å². The molecule has 0 radical (unpaired) electrons. The zero-order valence-electron chi connectivity index (χ0n) is 22.5. The third-order valence-electron chi connectivity index (χ3n) is 8.37. The number of ether oxygens (including phenoxy) is 1. The molecule has 1 saturated heterocycles. The zero-order chi connectivity index (χ0) is 26.6. The number of hydrogen-bond donors (Lipinski definition) is 1. The Kier molecular flexibility index (Phi) is 5.91. The molecule has 0 atom stereocenters. The minimum atomic E-state index is -0.369. The number of fused-ring (bicyclic) bond motifs is 3. The van der Waals surface area contributed by atoms with Gasteiger partial charge in [0, 0.05) is 52.2 Å². The number of aromatic nitrogens is 1. The number of esters is 1. The Morgan fingerprint density at radius 2 is 1.74 bits per heavy atom. The van der Waals surface area contributed by atoms with Gasteiger partial charge in [-0.2, -0.15) is 0 Å². The Morgan fingerprint density at radius 1 is 1.00 bits per heavy atom. The summed E-state index contributed by atoms with van der Waals surface area (Å²) < 4.78 is 6.95. The summed E-state index contributed by atoms with van der Waals surface area (Å²) in [4.78, 5) is 30.3. The van der Waals surface area contributed by atoms with Crippen LogP contribution in [-0.2, 0) is 21.6 Å². The molecule has 4 aromatic rings. The number of aryl methyl sites for hydroxylation is 1. The third-order valence-corrected chi connectivity index (χ3v) is 8.37. The van der Waals surface area contributed by atoms with E-state index < -0.39 is 0 Å². The summed E-state index contributed by atoms with van der Waals surface area (Å²) in [6, 6.07) is 21.2. The molecule has 1 saturated carbocycles. The molecular weight excluding hydrogens is 476 g/mol. The summed E-state index contributed by atoms with van der Waals surface area (Å²) >= 11 is 0. The topological polar surface area (TPSA) is 66.8 Å². The van der Waals surface area contributed by atoms with E-state index in [0.29, 0.717) is 6.04 Å². The second kappa shape index (κ2) is 9.17. The Morgan fingerprint density at radius 3 is 2.45 bits per heavy atom. The molecule has 7 heteroatoms. The largest absolute Gasteiger partial charge is 0.468 e. The van der Waals surface area contributed by atoms with Crippen LogP contribution in [0.1, 0.15) is 34.3 Å². The van der Waals surface area contributed by atoms with Crippen LogP contribution in [0.4, 0.5) is 5.69 Å². The van der Waals surface area contributed by atoms with Crippen LogP contribution in [0.15, 0.2) is 60.7 Å². The van der Waals surface area contributed by atoms with E-state index in [1.165, 1.54) is 7.11 Å². The highest BCUT2D eigenvalue weighted by Gasteiger charge is 2.46. The van der Waals surface area contributed by atoms with Crippen molar-refractivity contribution >= 4 is 39.4 Å². The molecule has 0 spiro atoms. The standard InChI is InChI=1S/C31H34N4O3/c1-20-9-11-22(34-17-23(18-34)33(2)3)16-25(20)30(37)32-31(13-14-31)21-10-12-28-26(15-21)24-7-5-6-8-27(24)35(28)19-29(36)38-4/h5-12,15-16,23H,13-14,17-19H2,1-4H3,(H,32,37). The smallest absolute Gasteiger partial charge is 0.325 e. The quantitative estimate of drug-likeness (QED) is 0.372. The van der Waals surface area contributed by atoms with Crippen LogP contribution in [0.2, 0.25) is 0 Å². The van der Waals surface area contributed by atoms with Gasteiger partial charge in [-0.15, -0.1) is 0 Å². The highest BCUT2D eigenvalue weighted by atomic mass is 16.5. The summed E-state index contributed by atoms with van der Waals surface area (Å²) in [6.45, 7) is 4.11. The van der Waals surface area contributed by atoms with Crippen LogP contribution < -0.4 is 10.2 Å². The number of nitrogens with one attached hydrogen (secondary N) is 1. The Bertz CT molecular complexity index is 1560. The average molecular weight is 511 g/mol. The monoisotopic (exact) mass is 510 g/mol.